The van der Waals surface area contributed by atoms with Crippen LogP contribution in [0.5, 0.6) is 0 Å². The summed E-state index contributed by atoms with van der Waals surface area (Å²) in [5.74, 6) is 1.83. The first-order valence-corrected chi connectivity index (χ1v) is 13.5. The van der Waals surface area contributed by atoms with Gasteiger partial charge in [-0.1, -0.05) is 78.4 Å². The minimum atomic E-state index is 0.168. The molecule has 5 aromatic rings. The summed E-state index contributed by atoms with van der Waals surface area (Å²) in [6, 6.07) is 28.6. The fourth-order valence-corrected chi connectivity index (χ4v) is 5.20. The van der Waals surface area contributed by atoms with Gasteiger partial charge < -0.3 is 9.80 Å². The van der Waals surface area contributed by atoms with Crippen LogP contribution in [0.25, 0.3) is 16.7 Å². The highest BCUT2D eigenvalue weighted by Gasteiger charge is 2.26. The zero-order chi connectivity index (χ0) is 26.8. The molecule has 0 N–H and O–H groups in total. The molecule has 1 fully saturated rings. The van der Waals surface area contributed by atoms with Crippen molar-refractivity contribution in [3.63, 3.8) is 0 Å². The Bertz CT molecular complexity index is 1590. The number of hydrogen-bond acceptors (Lipinski definition) is 5. The molecule has 39 heavy (non-hydrogen) atoms. The number of anilines is 1. The lowest BCUT2D eigenvalue weighted by molar-refractivity contribution is -0.130. The Morgan fingerprint density at radius 1 is 0.769 bits per heavy atom. The summed E-state index contributed by atoms with van der Waals surface area (Å²) in [7, 11) is 0. The molecule has 7 nitrogen and oxygen atoms in total. The Morgan fingerprint density at radius 2 is 1.44 bits per heavy atom. The van der Waals surface area contributed by atoms with E-state index in [1.54, 1.807) is 0 Å². The number of nitrogens with zero attached hydrogens (tertiary/aromatic N) is 6. The molecular weight excluding hydrogens is 484 g/mol. The molecule has 0 atom stereocenters. The Labute approximate surface area is 228 Å². The van der Waals surface area contributed by atoms with Crippen molar-refractivity contribution >= 4 is 22.8 Å². The summed E-state index contributed by atoms with van der Waals surface area (Å²) in [5.41, 5.74) is 6.13. The maximum Gasteiger partial charge on any atom is 0.227 e. The summed E-state index contributed by atoms with van der Waals surface area (Å²) in [5, 5.41) is 5.86. The Hall–Kier alpha value is -4.52. The number of carbonyl (C=O) groups is 1. The number of hydrogen-bond donors (Lipinski definition) is 0. The Kier molecular flexibility index (Phi) is 6.80. The molecule has 0 bridgehead atoms. The van der Waals surface area contributed by atoms with Crippen molar-refractivity contribution in [1.29, 1.82) is 0 Å². The van der Waals surface area contributed by atoms with Crippen molar-refractivity contribution in [1.82, 2.24) is 24.6 Å². The highest BCUT2D eigenvalue weighted by Crippen LogP contribution is 2.30. The van der Waals surface area contributed by atoms with Crippen LogP contribution in [0.1, 0.15) is 28.2 Å². The van der Waals surface area contributed by atoms with Crippen LogP contribution in [0.3, 0.4) is 0 Å². The predicted molar refractivity (Wildman–Crippen MR) is 154 cm³/mol. The van der Waals surface area contributed by atoms with Gasteiger partial charge in [0.05, 0.1) is 23.2 Å². The van der Waals surface area contributed by atoms with E-state index in [2.05, 4.69) is 36.1 Å². The number of amides is 1. The molecule has 196 valence electrons. The van der Waals surface area contributed by atoms with Crippen LogP contribution in [-0.2, 0) is 17.6 Å². The first-order valence-electron chi connectivity index (χ1n) is 13.5. The molecule has 0 unspecified atom stereocenters. The molecule has 3 aromatic carbocycles. The Balaban J connectivity index is 1.32. The van der Waals surface area contributed by atoms with E-state index in [1.165, 1.54) is 11.1 Å². The molecule has 1 aliphatic heterocycles. The number of aryl methyl sites for hydroxylation is 2. The van der Waals surface area contributed by atoms with Crippen LogP contribution in [-0.4, -0.2) is 56.7 Å². The molecule has 1 aliphatic rings. The SMILES string of the molecule is Cc1ccc(Cc2nc(N3CCN(C(=O)Cc4ccccc4)CC3)c3c(C)nn(-c4ccccc4)c3n2)cc1. The number of piperazine rings is 1. The van der Waals surface area contributed by atoms with Gasteiger partial charge in [-0.25, -0.2) is 14.6 Å². The van der Waals surface area contributed by atoms with Crippen molar-refractivity contribution in [2.45, 2.75) is 26.7 Å². The maximum absolute atomic E-state index is 13.0. The molecule has 7 heteroatoms. The van der Waals surface area contributed by atoms with Crippen molar-refractivity contribution in [2.24, 2.45) is 0 Å². The van der Waals surface area contributed by atoms with E-state index in [4.69, 9.17) is 15.1 Å². The lowest BCUT2D eigenvalue weighted by atomic mass is 10.1. The minimum Gasteiger partial charge on any atom is -0.352 e. The second-order valence-corrected chi connectivity index (χ2v) is 10.2. The molecule has 0 saturated carbocycles. The monoisotopic (exact) mass is 516 g/mol. The number of rotatable bonds is 6. The maximum atomic E-state index is 13.0. The molecule has 2 aromatic heterocycles. The van der Waals surface area contributed by atoms with E-state index in [-0.39, 0.29) is 5.91 Å². The highest BCUT2D eigenvalue weighted by atomic mass is 16.2. The number of aromatic nitrogens is 4. The van der Waals surface area contributed by atoms with Crippen LogP contribution in [0, 0.1) is 13.8 Å². The van der Waals surface area contributed by atoms with E-state index in [0.717, 1.165) is 39.6 Å². The van der Waals surface area contributed by atoms with Crippen LogP contribution in [0.15, 0.2) is 84.9 Å². The van der Waals surface area contributed by atoms with E-state index >= 15 is 0 Å². The van der Waals surface area contributed by atoms with Crippen molar-refractivity contribution in [2.75, 3.05) is 31.1 Å². The molecular formula is C32H32N6O. The molecule has 0 aliphatic carbocycles. The molecule has 3 heterocycles. The van der Waals surface area contributed by atoms with Gasteiger partial charge in [0.15, 0.2) is 5.65 Å². The number of fused-ring (bicyclic) bond motifs is 1. The quantitative estimate of drug-likeness (QED) is 0.321. The zero-order valence-corrected chi connectivity index (χ0v) is 22.4. The normalized spacial score (nSPS) is 13.7. The van der Waals surface area contributed by atoms with E-state index in [9.17, 15) is 4.79 Å². The van der Waals surface area contributed by atoms with Gasteiger partial charge in [-0.2, -0.15) is 5.10 Å². The fraction of sp³-hybridized carbons (Fsp3) is 0.250. The van der Waals surface area contributed by atoms with Gasteiger partial charge in [0, 0.05) is 32.6 Å². The molecule has 0 radical (unpaired) electrons. The molecule has 0 spiro atoms. The zero-order valence-electron chi connectivity index (χ0n) is 22.4. The average Bonchev–Trinajstić information content (AvgIpc) is 3.31. The summed E-state index contributed by atoms with van der Waals surface area (Å²) < 4.78 is 1.92. The van der Waals surface area contributed by atoms with Gasteiger partial charge in [0.25, 0.3) is 0 Å². The third-order valence-corrected chi connectivity index (χ3v) is 7.34. The predicted octanol–water partition coefficient (Wildman–Crippen LogP) is 4.91. The standard InChI is InChI=1S/C32H32N6O/c1-23-13-15-26(16-14-23)21-28-33-31(30-24(2)35-38(32(30)34-28)27-11-7-4-8-12-27)37-19-17-36(18-20-37)29(39)22-25-9-5-3-6-10-25/h3-16H,17-22H2,1-2H3. The third kappa shape index (κ3) is 5.25. The summed E-state index contributed by atoms with van der Waals surface area (Å²) in [6.07, 6.45) is 1.07. The summed E-state index contributed by atoms with van der Waals surface area (Å²) >= 11 is 0. The van der Waals surface area contributed by atoms with Crippen LogP contribution in [0.4, 0.5) is 5.82 Å². The number of para-hydroxylation sites is 1. The third-order valence-electron chi connectivity index (χ3n) is 7.34. The van der Waals surface area contributed by atoms with Crippen molar-refractivity contribution < 1.29 is 4.79 Å². The molecule has 1 amide bonds. The van der Waals surface area contributed by atoms with Gasteiger partial charge in [-0.05, 0) is 37.1 Å². The Morgan fingerprint density at radius 3 is 2.13 bits per heavy atom. The van der Waals surface area contributed by atoms with Crippen molar-refractivity contribution in [3.8, 4) is 5.69 Å². The molecule has 1 saturated heterocycles. The van der Waals surface area contributed by atoms with E-state index in [0.29, 0.717) is 39.0 Å². The molecule has 6 rings (SSSR count). The number of benzene rings is 3. The fourth-order valence-electron chi connectivity index (χ4n) is 5.20. The van der Waals surface area contributed by atoms with Crippen molar-refractivity contribution in [3.05, 3.63) is 113 Å². The summed E-state index contributed by atoms with van der Waals surface area (Å²) in [4.78, 5) is 27.4. The van der Waals surface area contributed by atoms with Crippen LogP contribution in [0.2, 0.25) is 0 Å². The second-order valence-electron chi connectivity index (χ2n) is 10.2. The van der Waals surface area contributed by atoms with Crippen LogP contribution >= 0.6 is 0 Å². The second kappa shape index (κ2) is 10.7. The lowest BCUT2D eigenvalue weighted by Crippen LogP contribution is -2.49. The minimum absolute atomic E-state index is 0.168. The van der Waals surface area contributed by atoms with Crippen LogP contribution < -0.4 is 4.90 Å². The lowest BCUT2D eigenvalue weighted by Gasteiger charge is -2.36. The van der Waals surface area contributed by atoms with Gasteiger partial charge in [-0.15, -0.1) is 0 Å². The average molecular weight is 517 g/mol. The van der Waals surface area contributed by atoms with Gasteiger partial charge in [-0.3, -0.25) is 4.79 Å². The summed E-state index contributed by atoms with van der Waals surface area (Å²) in [6.45, 7) is 6.87. The first kappa shape index (κ1) is 24.8. The topological polar surface area (TPSA) is 67.2 Å². The largest absolute Gasteiger partial charge is 0.352 e. The smallest absolute Gasteiger partial charge is 0.227 e. The highest BCUT2D eigenvalue weighted by molar-refractivity contribution is 5.91. The first-order chi connectivity index (χ1) is 19.0. The number of carbonyl (C=O) groups excluding carboxylic acids is 1. The van der Waals surface area contributed by atoms with E-state index < -0.39 is 0 Å². The van der Waals surface area contributed by atoms with Gasteiger partial charge >= 0.3 is 0 Å². The van der Waals surface area contributed by atoms with Gasteiger partial charge in [0.1, 0.15) is 11.6 Å². The van der Waals surface area contributed by atoms with E-state index in [1.807, 2.05) is 77.2 Å². The van der Waals surface area contributed by atoms with Gasteiger partial charge in [0.2, 0.25) is 5.91 Å².